The smallest absolute Gasteiger partial charge is 0.159 e. The zero-order valence-corrected chi connectivity index (χ0v) is 28.9. The summed E-state index contributed by atoms with van der Waals surface area (Å²) in [6.45, 7) is 0. The average molecular weight is 689 g/mol. The molecule has 0 aliphatic carbocycles. The summed E-state index contributed by atoms with van der Waals surface area (Å²) in [6, 6.07) is 56.4. The van der Waals surface area contributed by atoms with E-state index in [1.807, 2.05) is 46.9 Å². The van der Waals surface area contributed by atoms with Gasteiger partial charge in [0, 0.05) is 57.5 Å². The van der Waals surface area contributed by atoms with Crippen molar-refractivity contribution in [2.24, 2.45) is 9.98 Å². The van der Waals surface area contributed by atoms with Crippen molar-refractivity contribution < 1.29 is 0 Å². The summed E-state index contributed by atoms with van der Waals surface area (Å²) in [5.41, 5.74) is 6.91. The molecule has 7 aromatic carbocycles. The molecule has 1 aliphatic heterocycles. The Kier molecular flexibility index (Phi) is 6.32. The number of aromatic nitrogens is 1. The summed E-state index contributed by atoms with van der Waals surface area (Å²) < 4.78 is 7.56. The molecule has 0 spiro atoms. The molecule has 0 amide bonds. The molecule has 4 heterocycles. The molecule has 0 saturated carbocycles. The Bertz CT molecular complexity index is 3000. The van der Waals surface area contributed by atoms with Crippen LogP contribution in [0, 0.1) is 0 Å². The second kappa shape index (κ2) is 11.2. The predicted octanol–water partition coefficient (Wildman–Crippen LogP) is 12.0. The van der Waals surface area contributed by atoms with Gasteiger partial charge in [-0.25, -0.2) is 9.98 Å². The molecule has 11 rings (SSSR count). The SMILES string of the molecule is c1ccc(C2=NC(c3ccccc3)NC(c3cccc4c3sc3cc5sc6c(-n7c8ccccc8c8ccccc87)cccc6c5cc34)=N2)cc1. The molecule has 3 aromatic heterocycles. The summed E-state index contributed by atoms with van der Waals surface area (Å²) in [6.07, 6.45) is -0.237. The van der Waals surface area contributed by atoms with Crippen LogP contribution < -0.4 is 5.32 Å². The van der Waals surface area contributed by atoms with Gasteiger partial charge < -0.3 is 9.88 Å². The zero-order valence-electron chi connectivity index (χ0n) is 27.2. The third-order valence-corrected chi connectivity index (χ3v) is 12.5. The average Bonchev–Trinajstić information content (AvgIpc) is 3.86. The number of rotatable bonds is 4. The minimum atomic E-state index is -0.237. The van der Waals surface area contributed by atoms with Crippen molar-refractivity contribution in [3.63, 3.8) is 0 Å². The molecule has 1 atom stereocenters. The molecule has 51 heavy (non-hydrogen) atoms. The highest BCUT2D eigenvalue weighted by Crippen LogP contribution is 2.45. The van der Waals surface area contributed by atoms with Crippen LogP contribution in [0.15, 0.2) is 168 Å². The second-order valence-electron chi connectivity index (χ2n) is 13.0. The van der Waals surface area contributed by atoms with Crippen LogP contribution in [0.4, 0.5) is 0 Å². The number of nitrogens with one attached hydrogen (secondary N) is 1. The van der Waals surface area contributed by atoms with Crippen molar-refractivity contribution in [2.45, 2.75) is 6.17 Å². The van der Waals surface area contributed by atoms with E-state index in [1.54, 1.807) is 0 Å². The molecular formula is C45H28N4S2. The van der Waals surface area contributed by atoms with Crippen LogP contribution in [0.25, 0.3) is 67.8 Å². The topological polar surface area (TPSA) is 41.7 Å². The molecule has 0 bridgehead atoms. The van der Waals surface area contributed by atoms with Crippen LogP contribution in [0.1, 0.15) is 22.9 Å². The van der Waals surface area contributed by atoms with E-state index < -0.39 is 0 Å². The van der Waals surface area contributed by atoms with Gasteiger partial charge in [0.2, 0.25) is 0 Å². The number of thiophene rings is 2. The van der Waals surface area contributed by atoms with Crippen molar-refractivity contribution in [2.75, 3.05) is 0 Å². The summed E-state index contributed by atoms with van der Waals surface area (Å²) in [7, 11) is 0. The van der Waals surface area contributed by atoms with Gasteiger partial charge in [0.05, 0.1) is 21.4 Å². The Morgan fingerprint density at radius 2 is 1.10 bits per heavy atom. The number of hydrogen-bond donors (Lipinski definition) is 1. The second-order valence-corrected chi connectivity index (χ2v) is 15.1. The van der Waals surface area contributed by atoms with Gasteiger partial charge in [-0.2, -0.15) is 0 Å². The fraction of sp³-hybridized carbons (Fsp3) is 0.0222. The Labute approximate surface area is 301 Å². The molecule has 0 fully saturated rings. The van der Waals surface area contributed by atoms with Crippen LogP contribution >= 0.6 is 22.7 Å². The van der Waals surface area contributed by atoms with Gasteiger partial charge in [0.25, 0.3) is 0 Å². The Balaban J connectivity index is 1.09. The standard InChI is InChI=1S/C45H28N4S2/c1-3-13-27(14-4-1)43-46-44(28-15-5-2-6-16-28)48-45(47-43)33-21-11-19-31-34-25-35-32-20-12-24-38(42(32)51-40(35)26-39(34)50-41(31)33)49-36-22-9-7-17-29(36)30-18-8-10-23-37(30)49/h1-26,43H,(H,46,47,48). The van der Waals surface area contributed by atoms with E-state index in [0.29, 0.717) is 0 Å². The number of para-hydroxylation sites is 2. The summed E-state index contributed by atoms with van der Waals surface area (Å²) in [5.74, 6) is 1.58. The van der Waals surface area contributed by atoms with Gasteiger partial charge in [0.15, 0.2) is 5.84 Å². The number of nitrogens with zero attached hydrogens (tertiary/aromatic N) is 3. The number of amidine groups is 2. The summed E-state index contributed by atoms with van der Waals surface area (Å²) in [4.78, 5) is 10.2. The van der Waals surface area contributed by atoms with Crippen molar-refractivity contribution in [3.8, 4) is 5.69 Å². The molecule has 1 unspecified atom stereocenters. The molecule has 6 heteroatoms. The minimum Gasteiger partial charge on any atom is -0.344 e. The molecule has 0 saturated heterocycles. The zero-order chi connectivity index (χ0) is 33.5. The first kappa shape index (κ1) is 28.7. The first-order valence-electron chi connectivity index (χ1n) is 17.1. The fourth-order valence-electron chi connectivity index (χ4n) is 7.73. The van der Waals surface area contributed by atoms with E-state index >= 15 is 0 Å². The normalized spacial score (nSPS) is 14.9. The molecule has 1 N–H and O–H groups in total. The molecule has 1 aliphatic rings. The lowest BCUT2D eigenvalue weighted by Gasteiger charge is -2.24. The van der Waals surface area contributed by atoms with Crippen molar-refractivity contribution in [1.82, 2.24) is 9.88 Å². The van der Waals surface area contributed by atoms with Crippen LogP contribution in [-0.4, -0.2) is 16.2 Å². The van der Waals surface area contributed by atoms with Gasteiger partial charge >= 0.3 is 0 Å². The van der Waals surface area contributed by atoms with Gasteiger partial charge in [-0.15, -0.1) is 22.7 Å². The number of hydrogen-bond acceptors (Lipinski definition) is 5. The highest BCUT2D eigenvalue weighted by atomic mass is 32.1. The van der Waals surface area contributed by atoms with Gasteiger partial charge in [0.1, 0.15) is 12.0 Å². The first-order chi connectivity index (χ1) is 25.3. The molecule has 0 radical (unpaired) electrons. The molecular weight excluding hydrogens is 661 g/mol. The van der Waals surface area contributed by atoms with Gasteiger partial charge in [-0.05, 0) is 42.0 Å². The van der Waals surface area contributed by atoms with Crippen LogP contribution in [0.2, 0.25) is 0 Å². The van der Waals surface area contributed by atoms with Crippen molar-refractivity contribution in [3.05, 3.63) is 174 Å². The van der Waals surface area contributed by atoms with E-state index in [2.05, 4.69) is 143 Å². The van der Waals surface area contributed by atoms with Crippen LogP contribution in [0.5, 0.6) is 0 Å². The third kappa shape index (κ3) is 4.43. The number of fused-ring (bicyclic) bond motifs is 9. The van der Waals surface area contributed by atoms with E-state index in [0.717, 1.165) is 28.4 Å². The maximum atomic E-state index is 5.14. The van der Waals surface area contributed by atoms with Crippen LogP contribution in [-0.2, 0) is 0 Å². The lowest BCUT2D eigenvalue weighted by atomic mass is 10.0. The quantitative estimate of drug-likeness (QED) is 0.196. The Morgan fingerprint density at radius 3 is 1.82 bits per heavy atom. The van der Waals surface area contributed by atoms with Gasteiger partial charge in [-0.3, -0.25) is 0 Å². The number of benzene rings is 7. The first-order valence-corrected chi connectivity index (χ1v) is 18.7. The van der Waals surface area contributed by atoms with E-state index in [-0.39, 0.29) is 6.17 Å². The van der Waals surface area contributed by atoms with Crippen molar-refractivity contribution >= 4 is 96.5 Å². The fourth-order valence-corrected chi connectivity index (χ4v) is 10.3. The maximum absolute atomic E-state index is 5.14. The summed E-state index contributed by atoms with van der Waals surface area (Å²) >= 11 is 3.74. The monoisotopic (exact) mass is 688 g/mol. The highest BCUT2D eigenvalue weighted by molar-refractivity contribution is 7.28. The Hall–Kier alpha value is -6.08. The third-order valence-electron chi connectivity index (χ3n) is 10.1. The predicted molar refractivity (Wildman–Crippen MR) is 218 cm³/mol. The largest absolute Gasteiger partial charge is 0.344 e. The van der Waals surface area contributed by atoms with E-state index in [9.17, 15) is 0 Å². The molecule has 4 nitrogen and oxygen atoms in total. The van der Waals surface area contributed by atoms with Gasteiger partial charge in [-0.1, -0.05) is 121 Å². The Morgan fingerprint density at radius 1 is 0.510 bits per heavy atom. The maximum Gasteiger partial charge on any atom is 0.159 e. The minimum absolute atomic E-state index is 0.237. The lowest BCUT2D eigenvalue weighted by molar-refractivity contribution is 0.674. The van der Waals surface area contributed by atoms with E-state index in [1.165, 1.54) is 67.8 Å². The number of aliphatic imine (C=N–C) groups is 2. The van der Waals surface area contributed by atoms with Crippen LogP contribution in [0.3, 0.4) is 0 Å². The lowest BCUT2D eigenvalue weighted by Crippen LogP contribution is -2.33. The molecule has 240 valence electrons. The molecule has 10 aromatic rings. The summed E-state index contributed by atoms with van der Waals surface area (Å²) in [5, 5.41) is 11.4. The van der Waals surface area contributed by atoms with Crippen molar-refractivity contribution in [1.29, 1.82) is 0 Å². The van der Waals surface area contributed by atoms with E-state index in [4.69, 9.17) is 9.98 Å². The highest BCUT2D eigenvalue weighted by Gasteiger charge is 2.24.